The Kier molecular flexibility index (Phi) is 7.04. The van der Waals surface area contributed by atoms with Crippen molar-refractivity contribution in [2.75, 3.05) is 13.1 Å². The minimum atomic E-state index is -4.52. The molecule has 1 fully saturated rings. The van der Waals surface area contributed by atoms with E-state index in [9.17, 15) is 26.4 Å². The second-order valence-corrected chi connectivity index (χ2v) is 13.1. The van der Waals surface area contributed by atoms with Gasteiger partial charge in [-0.2, -0.15) is 27.7 Å². The van der Waals surface area contributed by atoms with Gasteiger partial charge in [-0.1, -0.05) is 30.3 Å². The summed E-state index contributed by atoms with van der Waals surface area (Å²) in [7, 11) is -2.43. The molecule has 1 aliphatic rings. The Bertz CT molecular complexity index is 1980. The van der Waals surface area contributed by atoms with Crippen LogP contribution in [0.3, 0.4) is 0 Å². The molecule has 9 nitrogen and oxygen atoms in total. The molecule has 3 aromatic heterocycles. The predicted molar refractivity (Wildman–Crippen MR) is 155 cm³/mol. The third-order valence-corrected chi connectivity index (χ3v) is 9.89. The molecule has 0 spiro atoms. The summed E-state index contributed by atoms with van der Waals surface area (Å²) in [5.41, 5.74) is 3.81. The Morgan fingerprint density at radius 2 is 1.77 bits per heavy atom. The molecule has 13 heteroatoms. The number of benzene rings is 2. The van der Waals surface area contributed by atoms with E-state index < -0.39 is 28.2 Å². The van der Waals surface area contributed by atoms with Crippen molar-refractivity contribution >= 4 is 20.9 Å². The average Bonchev–Trinajstić information content (AvgIpc) is 3.69. The van der Waals surface area contributed by atoms with Crippen LogP contribution in [0, 0.1) is 6.92 Å². The minimum absolute atomic E-state index is 0.130. The third-order valence-electron chi connectivity index (χ3n) is 8.09. The number of fused-ring (bicyclic) bond motifs is 1. The molecule has 0 amide bonds. The number of hydrogen-bond acceptors (Lipinski definition) is 5. The quantitative estimate of drug-likeness (QED) is 0.273. The van der Waals surface area contributed by atoms with Gasteiger partial charge in [0, 0.05) is 49.4 Å². The van der Waals surface area contributed by atoms with Crippen molar-refractivity contribution in [3.8, 4) is 5.69 Å². The van der Waals surface area contributed by atoms with Gasteiger partial charge < -0.3 is 4.57 Å². The number of nitrogens with zero attached hydrogens (tertiary/aromatic N) is 6. The van der Waals surface area contributed by atoms with Crippen LogP contribution in [-0.4, -0.2) is 56.1 Å². The largest absolute Gasteiger partial charge is 0.408 e. The normalized spacial score (nSPS) is 18.1. The molecule has 6 rings (SSSR count). The number of alkyl halides is 3. The van der Waals surface area contributed by atoms with Crippen molar-refractivity contribution in [3.63, 3.8) is 0 Å². The Balaban J connectivity index is 1.39. The Hall–Kier alpha value is -4.23. The summed E-state index contributed by atoms with van der Waals surface area (Å²) >= 11 is 0. The van der Waals surface area contributed by atoms with Crippen LogP contribution >= 0.6 is 0 Å². The fourth-order valence-corrected chi connectivity index (χ4v) is 7.52. The van der Waals surface area contributed by atoms with Crippen LogP contribution in [0.15, 0.2) is 89.1 Å². The van der Waals surface area contributed by atoms with E-state index in [0.717, 1.165) is 45.7 Å². The standard InChI is InChI=1S/C30H29F3N6O3S/c1-21-12-27-23(15-35-39(27)24-8-9-28(40)36(2)17-24)13-26(21)29(14-22-6-4-3-5-7-22)10-11-38(19-29)43(41,42)25-16-34-37(18-25)20-30(31,32)33/h3-9,12-13,15-18H,10-11,14,19-20H2,1-2H3. The molecular weight excluding hydrogens is 581 g/mol. The molecule has 0 aliphatic carbocycles. The summed E-state index contributed by atoms with van der Waals surface area (Å²) in [4.78, 5) is 11.7. The Morgan fingerprint density at radius 3 is 2.49 bits per heavy atom. The van der Waals surface area contributed by atoms with Gasteiger partial charge >= 0.3 is 6.18 Å². The summed E-state index contributed by atoms with van der Waals surface area (Å²) in [6, 6.07) is 17.1. The molecule has 1 saturated heterocycles. The van der Waals surface area contributed by atoms with E-state index in [0.29, 0.717) is 17.5 Å². The number of rotatable bonds is 7. The maximum absolute atomic E-state index is 13.6. The zero-order chi connectivity index (χ0) is 30.6. The van der Waals surface area contributed by atoms with Crippen LogP contribution in [0.25, 0.3) is 16.6 Å². The Labute approximate surface area is 245 Å². The monoisotopic (exact) mass is 610 g/mol. The summed E-state index contributed by atoms with van der Waals surface area (Å²) in [5.74, 6) is 0. The third kappa shape index (κ3) is 5.50. The lowest BCUT2D eigenvalue weighted by molar-refractivity contribution is -0.142. The summed E-state index contributed by atoms with van der Waals surface area (Å²) in [6.07, 6.45) is 1.93. The van der Waals surface area contributed by atoms with E-state index >= 15 is 0 Å². The highest BCUT2D eigenvalue weighted by atomic mass is 32.2. The van der Waals surface area contributed by atoms with E-state index in [-0.39, 0.29) is 23.5 Å². The van der Waals surface area contributed by atoms with Crippen LogP contribution in [0.4, 0.5) is 13.2 Å². The number of hydrogen-bond donors (Lipinski definition) is 0. The van der Waals surface area contributed by atoms with E-state index in [1.807, 2.05) is 43.3 Å². The van der Waals surface area contributed by atoms with Gasteiger partial charge in [-0.15, -0.1) is 0 Å². The van der Waals surface area contributed by atoms with Crippen molar-refractivity contribution in [2.45, 2.75) is 42.8 Å². The number of sulfonamides is 1. The number of pyridine rings is 1. The van der Waals surface area contributed by atoms with E-state index in [1.165, 1.54) is 14.9 Å². The number of aryl methyl sites for hydroxylation is 2. The molecule has 2 aromatic carbocycles. The van der Waals surface area contributed by atoms with Gasteiger partial charge in [-0.05, 0) is 54.7 Å². The van der Waals surface area contributed by atoms with Gasteiger partial charge in [-0.3, -0.25) is 9.48 Å². The lowest BCUT2D eigenvalue weighted by Gasteiger charge is -2.32. The molecule has 0 saturated carbocycles. The maximum Gasteiger partial charge on any atom is 0.408 e. The molecule has 5 aromatic rings. The van der Waals surface area contributed by atoms with Crippen molar-refractivity contribution in [2.24, 2.45) is 7.05 Å². The minimum Gasteiger partial charge on any atom is -0.316 e. The van der Waals surface area contributed by atoms with Gasteiger partial charge in [0.1, 0.15) is 11.4 Å². The fraction of sp³-hybridized carbons (Fsp3) is 0.300. The molecule has 0 radical (unpaired) electrons. The molecule has 4 heterocycles. The van der Waals surface area contributed by atoms with Gasteiger partial charge in [0.15, 0.2) is 0 Å². The van der Waals surface area contributed by atoms with Crippen LogP contribution in [-0.2, 0) is 35.5 Å². The highest BCUT2D eigenvalue weighted by Gasteiger charge is 2.45. The molecule has 0 bridgehead atoms. The lowest BCUT2D eigenvalue weighted by atomic mass is 9.73. The highest BCUT2D eigenvalue weighted by Crippen LogP contribution is 2.42. The van der Waals surface area contributed by atoms with Gasteiger partial charge in [-0.25, -0.2) is 13.1 Å². The van der Waals surface area contributed by atoms with E-state index in [1.54, 1.807) is 30.2 Å². The maximum atomic E-state index is 13.6. The first-order valence-electron chi connectivity index (χ1n) is 13.6. The zero-order valence-corrected chi connectivity index (χ0v) is 24.3. The summed E-state index contributed by atoms with van der Waals surface area (Å²) in [6.45, 7) is 0.967. The zero-order valence-electron chi connectivity index (χ0n) is 23.5. The molecule has 0 N–H and O–H groups in total. The molecule has 1 unspecified atom stereocenters. The van der Waals surface area contributed by atoms with Crippen molar-refractivity contribution in [1.29, 1.82) is 0 Å². The molecule has 224 valence electrons. The van der Waals surface area contributed by atoms with E-state index in [4.69, 9.17) is 0 Å². The number of aromatic nitrogens is 5. The summed E-state index contributed by atoms with van der Waals surface area (Å²) in [5, 5.41) is 9.09. The van der Waals surface area contributed by atoms with Crippen molar-refractivity contribution in [3.05, 3.63) is 106 Å². The topological polar surface area (TPSA) is 95.0 Å². The smallest absolute Gasteiger partial charge is 0.316 e. The number of halogens is 3. The van der Waals surface area contributed by atoms with Gasteiger partial charge in [0.2, 0.25) is 15.6 Å². The molecule has 43 heavy (non-hydrogen) atoms. The Morgan fingerprint density at radius 1 is 1.00 bits per heavy atom. The van der Waals surface area contributed by atoms with Crippen molar-refractivity contribution in [1.82, 2.24) is 28.4 Å². The van der Waals surface area contributed by atoms with Crippen molar-refractivity contribution < 1.29 is 21.6 Å². The first-order chi connectivity index (χ1) is 20.3. The predicted octanol–water partition coefficient (Wildman–Crippen LogP) is 4.37. The van der Waals surface area contributed by atoms with Crippen LogP contribution < -0.4 is 5.56 Å². The van der Waals surface area contributed by atoms with E-state index in [2.05, 4.69) is 16.3 Å². The van der Waals surface area contributed by atoms with Crippen LogP contribution in [0.1, 0.15) is 23.1 Å². The lowest BCUT2D eigenvalue weighted by Crippen LogP contribution is -2.36. The molecule has 1 atom stereocenters. The van der Waals surface area contributed by atoms with Crippen LogP contribution in [0.2, 0.25) is 0 Å². The average molecular weight is 611 g/mol. The first kappa shape index (κ1) is 28.9. The fourth-order valence-electron chi connectivity index (χ4n) is 6.04. The van der Waals surface area contributed by atoms with Crippen LogP contribution in [0.5, 0.6) is 0 Å². The SMILES string of the molecule is Cc1cc2c(cnn2-c2ccc(=O)n(C)c2)cc1C1(Cc2ccccc2)CCN(S(=O)(=O)c2cnn(CC(F)(F)F)c2)C1. The van der Waals surface area contributed by atoms with Gasteiger partial charge in [0.25, 0.3) is 0 Å². The second-order valence-electron chi connectivity index (χ2n) is 11.1. The molecule has 1 aliphatic heterocycles. The molecular formula is C30H29F3N6O3S. The highest BCUT2D eigenvalue weighted by molar-refractivity contribution is 7.89. The van der Waals surface area contributed by atoms with Gasteiger partial charge in [0.05, 0.1) is 23.6 Å². The summed E-state index contributed by atoms with van der Waals surface area (Å²) < 4.78 is 71.1. The second kappa shape index (κ2) is 10.5. The first-order valence-corrected chi connectivity index (χ1v) is 15.1.